The second-order valence-electron chi connectivity index (χ2n) is 8.58. The zero-order chi connectivity index (χ0) is 25.3. The number of carbonyl (C=O) groups excluding carboxylic acids is 1. The normalized spacial score (nSPS) is 17.0. The molecule has 0 aliphatic carbocycles. The van der Waals surface area contributed by atoms with Gasteiger partial charge in [-0.05, 0) is 49.1 Å². The van der Waals surface area contributed by atoms with Crippen LogP contribution in [-0.4, -0.2) is 43.7 Å². The second-order valence-corrected chi connectivity index (χ2v) is 8.58. The third kappa shape index (κ3) is 5.15. The molecule has 3 aromatic heterocycles. The highest BCUT2D eigenvalue weighted by molar-refractivity contribution is 5.88. The maximum absolute atomic E-state index is 13.0. The van der Waals surface area contributed by atoms with E-state index in [1.165, 1.54) is 23.5 Å². The van der Waals surface area contributed by atoms with Gasteiger partial charge in [-0.25, -0.2) is 19.7 Å². The van der Waals surface area contributed by atoms with Crippen LogP contribution in [0.1, 0.15) is 43.8 Å². The van der Waals surface area contributed by atoms with E-state index in [1.807, 2.05) is 20.8 Å². The number of carbonyl (C=O) groups is 1. The molecule has 35 heavy (non-hydrogen) atoms. The number of anilines is 2. The first-order chi connectivity index (χ1) is 16.5. The summed E-state index contributed by atoms with van der Waals surface area (Å²) in [5.41, 5.74) is 1.38. The lowest BCUT2D eigenvalue weighted by Crippen LogP contribution is -2.38. The van der Waals surface area contributed by atoms with Crippen molar-refractivity contribution in [3.8, 4) is 11.1 Å². The summed E-state index contributed by atoms with van der Waals surface area (Å²) in [6, 6.07) is 3.78. The van der Waals surface area contributed by atoms with Crippen LogP contribution in [0.4, 0.5) is 29.9 Å². The van der Waals surface area contributed by atoms with Crippen LogP contribution in [0.15, 0.2) is 36.9 Å². The molecule has 184 valence electrons. The first kappa shape index (κ1) is 24.3. The zero-order valence-electron chi connectivity index (χ0n) is 19.5. The molecule has 1 unspecified atom stereocenters. The molecule has 1 fully saturated rings. The van der Waals surface area contributed by atoms with E-state index in [9.17, 15) is 18.0 Å². The monoisotopic (exact) mass is 487 g/mol. The van der Waals surface area contributed by atoms with E-state index in [4.69, 9.17) is 4.74 Å². The molecule has 1 amide bonds. The molecule has 1 N–H and O–H groups in total. The summed E-state index contributed by atoms with van der Waals surface area (Å²) in [4.78, 5) is 34.1. The van der Waals surface area contributed by atoms with Gasteiger partial charge in [0.15, 0.2) is 0 Å². The van der Waals surface area contributed by atoms with E-state index in [-0.39, 0.29) is 36.5 Å². The Morgan fingerprint density at radius 3 is 2.60 bits per heavy atom. The molecule has 3 aromatic rings. The number of alkyl halides is 3. The van der Waals surface area contributed by atoms with Gasteiger partial charge in [0.25, 0.3) is 0 Å². The van der Waals surface area contributed by atoms with Crippen LogP contribution in [0.25, 0.3) is 11.1 Å². The number of nitrogens with zero attached hydrogens (tertiary/aromatic N) is 6. The predicted octanol–water partition coefficient (Wildman–Crippen LogP) is 4.81. The number of nitrogens with one attached hydrogen (secondary N) is 1. The maximum atomic E-state index is 13.0. The van der Waals surface area contributed by atoms with Gasteiger partial charge in [-0.1, -0.05) is 13.8 Å². The van der Waals surface area contributed by atoms with Gasteiger partial charge in [0.05, 0.1) is 17.8 Å². The molecule has 0 radical (unpaired) electrons. The Hall–Kier alpha value is -3.83. The average molecular weight is 487 g/mol. The van der Waals surface area contributed by atoms with Crippen molar-refractivity contribution < 1.29 is 22.7 Å². The summed E-state index contributed by atoms with van der Waals surface area (Å²) in [5.74, 6) is 0.581. The van der Waals surface area contributed by atoms with Gasteiger partial charge in [0, 0.05) is 18.0 Å². The van der Waals surface area contributed by atoms with Crippen LogP contribution in [-0.2, 0) is 10.9 Å². The Bertz CT molecular complexity index is 1240. The minimum Gasteiger partial charge on any atom is -0.447 e. The van der Waals surface area contributed by atoms with Gasteiger partial charge in [-0.15, -0.1) is 0 Å². The number of pyridine rings is 2. The topological polar surface area (TPSA) is 106 Å². The van der Waals surface area contributed by atoms with Crippen LogP contribution in [0.3, 0.4) is 0 Å². The fourth-order valence-corrected chi connectivity index (χ4v) is 3.77. The van der Waals surface area contributed by atoms with E-state index in [0.717, 1.165) is 17.8 Å². The number of aromatic nitrogens is 5. The van der Waals surface area contributed by atoms with Crippen molar-refractivity contribution in [2.45, 2.75) is 46.0 Å². The summed E-state index contributed by atoms with van der Waals surface area (Å²) >= 11 is 0. The molecule has 2 atom stereocenters. The van der Waals surface area contributed by atoms with E-state index in [2.05, 4.69) is 30.2 Å². The molecule has 0 bridgehead atoms. The minimum atomic E-state index is -4.53. The van der Waals surface area contributed by atoms with Crippen molar-refractivity contribution in [3.63, 3.8) is 0 Å². The summed E-state index contributed by atoms with van der Waals surface area (Å²) in [7, 11) is 0. The lowest BCUT2D eigenvalue weighted by molar-refractivity contribution is -0.141. The van der Waals surface area contributed by atoms with Gasteiger partial charge in [-0.3, -0.25) is 9.97 Å². The van der Waals surface area contributed by atoms with Crippen molar-refractivity contribution in [1.29, 1.82) is 0 Å². The number of ether oxygens (including phenoxy) is 1. The molecule has 1 aliphatic rings. The largest absolute Gasteiger partial charge is 0.447 e. The highest BCUT2D eigenvalue weighted by Crippen LogP contribution is 2.32. The lowest BCUT2D eigenvalue weighted by atomic mass is 10.0. The Balaban J connectivity index is 1.54. The first-order valence-electron chi connectivity index (χ1n) is 11.0. The number of cyclic esters (lactones) is 1. The van der Waals surface area contributed by atoms with Crippen LogP contribution < -0.4 is 10.2 Å². The van der Waals surface area contributed by atoms with Crippen molar-refractivity contribution in [3.05, 3.63) is 53.9 Å². The number of hydrogen-bond acceptors (Lipinski definition) is 8. The van der Waals surface area contributed by atoms with E-state index in [1.54, 1.807) is 13.0 Å². The number of halogens is 3. The van der Waals surface area contributed by atoms with Crippen molar-refractivity contribution >= 4 is 18.0 Å². The molecule has 1 aliphatic heterocycles. The van der Waals surface area contributed by atoms with E-state index in [0.29, 0.717) is 16.8 Å². The van der Waals surface area contributed by atoms with Crippen molar-refractivity contribution in [1.82, 2.24) is 24.9 Å². The van der Waals surface area contributed by atoms with Crippen LogP contribution in [0, 0.1) is 12.8 Å². The smallest absolute Gasteiger partial charge is 0.433 e. The van der Waals surface area contributed by atoms with Crippen molar-refractivity contribution in [2.75, 3.05) is 16.8 Å². The molecule has 0 aromatic carbocycles. The third-order valence-corrected chi connectivity index (χ3v) is 5.73. The number of aryl methyl sites for hydroxylation is 1. The fraction of sp³-hybridized carbons (Fsp3) is 0.391. The van der Waals surface area contributed by atoms with Crippen molar-refractivity contribution in [2.24, 2.45) is 5.92 Å². The second kappa shape index (κ2) is 9.43. The Morgan fingerprint density at radius 2 is 1.91 bits per heavy atom. The Morgan fingerprint density at radius 1 is 1.14 bits per heavy atom. The molecule has 0 spiro atoms. The van der Waals surface area contributed by atoms with Gasteiger partial charge in [0.2, 0.25) is 11.9 Å². The SMILES string of the molecule is Cc1cc([C@H](C)Nc2ncnc(N3C(=O)OCC3C(C)C)n2)ncc1-c1ccnc(C(F)(F)F)c1. The highest BCUT2D eigenvalue weighted by atomic mass is 19.4. The molecule has 9 nitrogen and oxygen atoms in total. The number of hydrogen-bond donors (Lipinski definition) is 1. The predicted molar refractivity (Wildman–Crippen MR) is 122 cm³/mol. The van der Waals surface area contributed by atoms with Gasteiger partial charge >= 0.3 is 12.3 Å². The molecule has 4 heterocycles. The van der Waals surface area contributed by atoms with E-state index < -0.39 is 18.0 Å². The molecule has 0 saturated carbocycles. The first-order valence-corrected chi connectivity index (χ1v) is 11.0. The van der Waals surface area contributed by atoms with Gasteiger partial charge in [0.1, 0.15) is 18.6 Å². The quantitative estimate of drug-likeness (QED) is 0.528. The van der Waals surface area contributed by atoms with Crippen LogP contribution in [0.2, 0.25) is 0 Å². The number of amides is 1. The molecular weight excluding hydrogens is 463 g/mol. The minimum absolute atomic E-state index is 0.145. The van der Waals surface area contributed by atoms with E-state index >= 15 is 0 Å². The zero-order valence-corrected chi connectivity index (χ0v) is 19.5. The molecule has 1 saturated heterocycles. The van der Waals surface area contributed by atoms with Gasteiger partial charge < -0.3 is 10.1 Å². The summed E-state index contributed by atoms with van der Waals surface area (Å²) in [6.45, 7) is 7.87. The van der Waals surface area contributed by atoms with Gasteiger partial charge in [-0.2, -0.15) is 18.2 Å². The fourth-order valence-electron chi connectivity index (χ4n) is 3.77. The summed E-state index contributed by atoms with van der Waals surface area (Å²) in [6.07, 6.45) is -1.06. The maximum Gasteiger partial charge on any atom is 0.433 e. The van der Waals surface area contributed by atoms with Crippen LogP contribution >= 0.6 is 0 Å². The van der Waals surface area contributed by atoms with Crippen LogP contribution in [0.5, 0.6) is 0 Å². The summed E-state index contributed by atoms with van der Waals surface area (Å²) < 4.78 is 44.3. The molecule has 4 rings (SSSR count). The number of rotatable bonds is 6. The molecule has 12 heteroatoms. The summed E-state index contributed by atoms with van der Waals surface area (Å²) in [5, 5.41) is 3.13. The third-order valence-electron chi connectivity index (χ3n) is 5.73. The highest BCUT2D eigenvalue weighted by Gasteiger charge is 2.38. The average Bonchev–Trinajstić information content (AvgIpc) is 3.20. The standard InChI is InChI=1S/C23H24F3N7O2/c1-12(2)18-10-35-22(34)33(18)21-30-11-29-20(32-21)31-14(4)17-7-13(3)16(9-28-17)15-5-6-27-19(8-15)23(24,25)26/h5-9,11-12,14,18H,10H2,1-4H3,(H,29,30,31,32)/t14-,18?/m0/s1. The lowest BCUT2D eigenvalue weighted by Gasteiger charge is -2.22. The Kier molecular flexibility index (Phi) is 6.55. The molecular formula is C23H24F3N7O2. The Labute approximate surface area is 199 Å².